The van der Waals surface area contributed by atoms with Crippen molar-refractivity contribution in [2.24, 2.45) is 10.8 Å². The number of cyclic esters (lactones) is 1. The van der Waals surface area contributed by atoms with Crippen LogP contribution in [0, 0.1) is 10.8 Å². The number of hydrogen-bond donors (Lipinski definition) is 0. The molecule has 0 aromatic carbocycles. The van der Waals surface area contributed by atoms with Crippen LogP contribution >= 0.6 is 0 Å². The lowest BCUT2D eigenvalue weighted by atomic mass is 9.75. The molecule has 1 heterocycles. The van der Waals surface area contributed by atoms with Crippen molar-refractivity contribution in [3.63, 3.8) is 0 Å². The summed E-state index contributed by atoms with van der Waals surface area (Å²) in [6.07, 6.45) is 2.41. The summed E-state index contributed by atoms with van der Waals surface area (Å²) in [5.41, 5.74) is -1.27. The summed E-state index contributed by atoms with van der Waals surface area (Å²) in [5, 5.41) is 0. The normalized spacial score (nSPS) is 26.4. The lowest BCUT2D eigenvalue weighted by Gasteiger charge is -2.33. The highest BCUT2D eigenvalue weighted by Gasteiger charge is 2.50. The van der Waals surface area contributed by atoms with Crippen molar-refractivity contribution in [3.8, 4) is 0 Å². The zero-order valence-electron chi connectivity index (χ0n) is 10.9. The van der Waals surface area contributed by atoms with Crippen molar-refractivity contribution in [3.05, 3.63) is 11.6 Å². The van der Waals surface area contributed by atoms with Crippen LogP contribution in [-0.2, 0) is 14.3 Å². The summed E-state index contributed by atoms with van der Waals surface area (Å²) >= 11 is 0. The Bertz CT molecular complexity index is 352. The van der Waals surface area contributed by atoms with Crippen LogP contribution in [0.5, 0.6) is 0 Å². The highest BCUT2D eigenvalue weighted by molar-refractivity contribution is 5.96. The van der Waals surface area contributed by atoms with E-state index in [-0.39, 0.29) is 11.4 Å². The minimum absolute atomic E-state index is 0.299. The topological polar surface area (TPSA) is 43.4 Å². The first-order chi connectivity index (χ1) is 7.03. The lowest BCUT2D eigenvalue weighted by molar-refractivity contribution is -0.159. The fraction of sp³-hybridized carbons (Fsp3) is 0.692. The second kappa shape index (κ2) is 3.44. The Hall–Kier alpha value is -1.12. The Balaban J connectivity index is 3.28. The van der Waals surface area contributed by atoms with E-state index >= 15 is 0 Å². The van der Waals surface area contributed by atoms with Crippen molar-refractivity contribution < 1.29 is 14.3 Å². The van der Waals surface area contributed by atoms with Crippen molar-refractivity contribution in [1.82, 2.24) is 0 Å². The molecule has 1 aliphatic rings. The molecule has 0 fully saturated rings. The van der Waals surface area contributed by atoms with Gasteiger partial charge >= 0.3 is 5.97 Å². The molecular weight excluding hydrogens is 204 g/mol. The van der Waals surface area contributed by atoms with E-state index in [1.54, 1.807) is 6.08 Å². The molecular formula is C13H20O3. The molecule has 0 aromatic rings. The van der Waals surface area contributed by atoms with Gasteiger partial charge in [0.15, 0.2) is 11.9 Å². The summed E-state index contributed by atoms with van der Waals surface area (Å²) in [7, 11) is 0. The van der Waals surface area contributed by atoms with E-state index in [9.17, 15) is 9.59 Å². The van der Waals surface area contributed by atoms with Crippen LogP contribution in [-0.4, -0.2) is 17.9 Å². The highest BCUT2D eigenvalue weighted by atomic mass is 16.6. The highest BCUT2D eigenvalue weighted by Crippen LogP contribution is 2.43. The van der Waals surface area contributed by atoms with Gasteiger partial charge in [-0.2, -0.15) is 0 Å². The van der Waals surface area contributed by atoms with E-state index in [0.29, 0.717) is 5.57 Å². The summed E-state index contributed by atoms with van der Waals surface area (Å²) in [5.74, 6) is -0.380. The van der Waals surface area contributed by atoms with Gasteiger partial charge in [0, 0.05) is 11.0 Å². The first-order valence-corrected chi connectivity index (χ1v) is 5.46. The van der Waals surface area contributed by atoms with Gasteiger partial charge in [0.05, 0.1) is 0 Å². The lowest BCUT2D eigenvalue weighted by Crippen LogP contribution is -2.43. The Morgan fingerprint density at radius 1 is 1.19 bits per heavy atom. The number of carbonyl (C=O) groups excluding carboxylic acids is 2. The molecule has 3 nitrogen and oxygen atoms in total. The van der Waals surface area contributed by atoms with Gasteiger partial charge in [-0.25, -0.2) is 4.79 Å². The zero-order chi connectivity index (χ0) is 12.8. The first-order valence-electron chi connectivity index (χ1n) is 5.46. The summed E-state index contributed by atoms with van der Waals surface area (Å²) in [6.45, 7) is 11.5. The van der Waals surface area contributed by atoms with Gasteiger partial charge < -0.3 is 4.74 Å². The van der Waals surface area contributed by atoms with E-state index in [2.05, 4.69) is 0 Å². The van der Waals surface area contributed by atoms with Crippen molar-refractivity contribution in [1.29, 1.82) is 0 Å². The fourth-order valence-electron chi connectivity index (χ4n) is 1.64. The molecule has 0 bridgehead atoms. The smallest absolute Gasteiger partial charge is 0.335 e. The second-order valence-corrected chi connectivity index (χ2v) is 6.36. The number of aldehydes is 1. The van der Waals surface area contributed by atoms with Gasteiger partial charge in [0.1, 0.15) is 0 Å². The van der Waals surface area contributed by atoms with Crippen LogP contribution in [0.25, 0.3) is 0 Å². The SMILES string of the molecule is CC(C)(C)C1=CC(C=O)(C(C)(C)C)OC1=O. The molecule has 3 heteroatoms. The van der Waals surface area contributed by atoms with Crippen LogP contribution in [0.4, 0.5) is 0 Å². The molecule has 16 heavy (non-hydrogen) atoms. The van der Waals surface area contributed by atoms with Crippen molar-refractivity contribution in [2.75, 3.05) is 0 Å². The first kappa shape index (κ1) is 12.9. The van der Waals surface area contributed by atoms with Crippen molar-refractivity contribution >= 4 is 12.3 Å². The minimum Gasteiger partial charge on any atom is -0.443 e. The van der Waals surface area contributed by atoms with Gasteiger partial charge in [-0.1, -0.05) is 41.5 Å². The Morgan fingerprint density at radius 2 is 1.69 bits per heavy atom. The monoisotopic (exact) mass is 224 g/mol. The predicted octanol–water partition coefficient (Wildman–Crippen LogP) is 2.50. The summed E-state index contributed by atoms with van der Waals surface area (Å²) < 4.78 is 5.30. The molecule has 0 saturated heterocycles. The minimum atomic E-state index is -1.12. The predicted molar refractivity (Wildman–Crippen MR) is 61.9 cm³/mol. The van der Waals surface area contributed by atoms with Crippen LogP contribution < -0.4 is 0 Å². The van der Waals surface area contributed by atoms with Gasteiger partial charge in [-0.3, -0.25) is 4.79 Å². The molecule has 0 saturated carbocycles. The number of carbonyl (C=O) groups is 2. The maximum Gasteiger partial charge on any atom is 0.335 e. The maximum absolute atomic E-state index is 11.8. The van der Waals surface area contributed by atoms with Crippen molar-refractivity contribution in [2.45, 2.75) is 47.1 Å². The fourth-order valence-corrected chi connectivity index (χ4v) is 1.64. The van der Waals surface area contributed by atoms with Crippen LogP contribution in [0.15, 0.2) is 11.6 Å². The van der Waals surface area contributed by atoms with Crippen LogP contribution in [0.1, 0.15) is 41.5 Å². The number of esters is 1. The maximum atomic E-state index is 11.8. The van der Waals surface area contributed by atoms with Gasteiger partial charge in [-0.05, 0) is 11.5 Å². The average Bonchev–Trinajstić information content (AvgIpc) is 2.41. The van der Waals surface area contributed by atoms with Gasteiger partial charge in [0.25, 0.3) is 0 Å². The third-order valence-corrected chi connectivity index (χ3v) is 3.00. The Labute approximate surface area is 96.9 Å². The standard InChI is InChI=1S/C13H20O3/c1-11(2,3)9-7-13(8-14,12(4,5)6)16-10(9)15/h7-8H,1-6H3. The van der Waals surface area contributed by atoms with Gasteiger partial charge in [0.2, 0.25) is 0 Å². The third kappa shape index (κ3) is 1.91. The number of hydrogen-bond acceptors (Lipinski definition) is 3. The molecule has 0 radical (unpaired) electrons. The largest absolute Gasteiger partial charge is 0.443 e. The van der Waals surface area contributed by atoms with E-state index in [1.807, 2.05) is 41.5 Å². The van der Waals surface area contributed by atoms with Gasteiger partial charge in [-0.15, -0.1) is 0 Å². The molecule has 0 spiro atoms. The van der Waals surface area contributed by atoms with E-state index in [0.717, 1.165) is 6.29 Å². The molecule has 0 amide bonds. The summed E-state index contributed by atoms with van der Waals surface area (Å²) in [4.78, 5) is 23.1. The molecule has 0 aromatic heterocycles. The summed E-state index contributed by atoms with van der Waals surface area (Å²) in [6, 6.07) is 0. The quantitative estimate of drug-likeness (QED) is 0.507. The van der Waals surface area contributed by atoms with Crippen LogP contribution in [0.2, 0.25) is 0 Å². The molecule has 1 unspecified atom stereocenters. The zero-order valence-corrected chi connectivity index (χ0v) is 10.9. The molecule has 90 valence electrons. The Morgan fingerprint density at radius 3 is 1.88 bits per heavy atom. The molecule has 0 N–H and O–H groups in total. The molecule has 1 atom stereocenters. The third-order valence-electron chi connectivity index (χ3n) is 3.00. The second-order valence-electron chi connectivity index (χ2n) is 6.36. The Kier molecular flexibility index (Phi) is 2.78. The van der Waals surface area contributed by atoms with E-state index < -0.39 is 11.0 Å². The molecule has 1 aliphatic heterocycles. The number of ether oxygens (including phenoxy) is 1. The van der Waals surface area contributed by atoms with Crippen LogP contribution in [0.3, 0.4) is 0 Å². The molecule has 0 aliphatic carbocycles. The average molecular weight is 224 g/mol. The molecule has 1 rings (SSSR count). The van der Waals surface area contributed by atoms with E-state index in [1.165, 1.54) is 0 Å². The van der Waals surface area contributed by atoms with E-state index in [4.69, 9.17) is 4.74 Å². The number of rotatable bonds is 1.